The van der Waals surface area contributed by atoms with Gasteiger partial charge in [0.15, 0.2) is 5.03 Å². The molecule has 0 bridgehead atoms. The number of aromatic nitrogens is 1. The monoisotopic (exact) mass is 129 g/mol. The van der Waals surface area contributed by atoms with Crippen molar-refractivity contribution in [2.45, 2.75) is 11.6 Å². The van der Waals surface area contributed by atoms with Gasteiger partial charge in [-0.05, 0) is 0 Å². The number of nitrogens with two attached hydrogens (primary N) is 1. The first-order valence-corrected chi connectivity index (χ1v) is 2.55. The number of hydrogen-bond donors (Lipinski definition) is 1. The van der Waals surface area contributed by atoms with E-state index in [9.17, 15) is 0 Å². The molecule has 0 atom stereocenters. The molecule has 0 aliphatic rings. The fourth-order valence-electron chi connectivity index (χ4n) is 0.388. The maximum Gasteiger partial charge on any atom is 0.209 e. The molecule has 0 amide bonds. The normalized spacial score (nSPS) is 9.62. The van der Waals surface area contributed by atoms with Crippen molar-refractivity contribution >= 4 is 12.6 Å². The molecule has 0 unspecified atom stereocenters. The minimum atomic E-state index is 0.316. The first kappa shape index (κ1) is 5.53. The summed E-state index contributed by atoms with van der Waals surface area (Å²) in [6.45, 7) is 0.316. The van der Waals surface area contributed by atoms with Gasteiger partial charge in [0.05, 0.1) is 6.54 Å². The average Bonchev–Trinajstić information content (AvgIpc) is 2.14. The highest BCUT2D eigenvalue weighted by Crippen LogP contribution is 2.03. The van der Waals surface area contributed by atoms with Crippen LogP contribution in [0.1, 0.15) is 5.89 Å². The lowest BCUT2D eigenvalue weighted by atomic mass is 10.7. The van der Waals surface area contributed by atoms with Gasteiger partial charge in [0.2, 0.25) is 5.89 Å². The molecule has 1 aromatic rings. The Morgan fingerprint density at radius 1 is 1.88 bits per heavy atom. The molecule has 8 heavy (non-hydrogen) atoms. The van der Waals surface area contributed by atoms with Gasteiger partial charge in [-0.3, -0.25) is 0 Å². The van der Waals surface area contributed by atoms with Crippen LogP contribution in [0.5, 0.6) is 0 Å². The van der Waals surface area contributed by atoms with Crippen molar-refractivity contribution in [3.05, 3.63) is 12.2 Å². The highest BCUT2D eigenvalue weighted by molar-refractivity contribution is 7.80. The van der Waals surface area contributed by atoms with Gasteiger partial charge in [0.25, 0.3) is 0 Å². The summed E-state index contributed by atoms with van der Waals surface area (Å²) < 4.78 is 4.77. The first-order valence-electron chi connectivity index (χ1n) is 2.14. The minimum absolute atomic E-state index is 0.316. The van der Waals surface area contributed by atoms with E-state index in [0.29, 0.717) is 17.5 Å². The summed E-state index contributed by atoms with van der Waals surface area (Å²) in [6, 6.07) is 0. The molecule has 43 valence electrons. The van der Waals surface area contributed by atoms with Crippen LogP contribution < -0.4 is 5.73 Å². The van der Waals surface area contributed by atoms with E-state index in [1.807, 2.05) is 0 Å². The summed E-state index contributed by atoms with van der Waals surface area (Å²) in [5, 5.41) is 0.463. The minimum Gasteiger partial charge on any atom is -0.446 e. The second-order valence-corrected chi connectivity index (χ2v) is 1.70. The van der Waals surface area contributed by atoms with Crippen molar-refractivity contribution in [3.8, 4) is 0 Å². The van der Waals surface area contributed by atoms with Gasteiger partial charge < -0.3 is 10.2 Å². The highest BCUT2D eigenvalue weighted by atomic mass is 32.1. The summed E-state index contributed by atoms with van der Waals surface area (Å²) in [7, 11) is 0. The zero-order chi connectivity index (χ0) is 5.98. The van der Waals surface area contributed by atoms with Gasteiger partial charge in [0.1, 0.15) is 6.26 Å². The summed E-state index contributed by atoms with van der Waals surface area (Å²) in [4.78, 5) is 3.75. The van der Waals surface area contributed by atoms with E-state index in [1.54, 1.807) is 0 Å². The summed E-state index contributed by atoms with van der Waals surface area (Å²) >= 11 is 4.64. The predicted molar refractivity (Wildman–Crippen MR) is 30.3 cm³/mol. The molecule has 1 aromatic heterocycles. The Labute approximate surface area is 52.3 Å². The third-order valence-corrected chi connectivity index (χ3v) is 0.893. The van der Waals surface area contributed by atoms with E-state index >= 15 is 0 Å². The molecule has 0 aliphatic heterocycles. The summed E-state index contributed by atoms with van der Waals surface area (Å²) in [5.41, 5.74) is 5.16. The molecule has 1 heterocycles. The van der Waals surface area contributed by atoms with E-state index in [0.717, 1.165) is 0 Å². The Balaban J connectivity index is 2.84. The quantitative estimate of drug-likeness (QED) is 0.607. The van der Waals surface area contributed by atoms with E-state index in [1.165, 1.54) is 6.26 Å². The molecule has 1 rings (SSSR count). The Hall–Kier alpha value is -0.610. The first-order chi connectivity index (χ1) is 3.83. The summed E-state index contributed by atoms with van der Waals surface area (Å²) in [5.74, 6) is 0.495. The highest BCUT2D eigenvalue weighted by Gasteiger charge is 1.95. The molecule has 0 spiro atoms. The van der Waals surface area contributed by atoms with Crippen LogP contribution in [0.4, 0.5) is 0 Å². The molecule has 0 aliphatic carbocycles. The van der Waals surface area contributed by atoms with Crippen molar-refractivity contribution in [1.82, 2.24) is 4.98 Å². The van der Waals surface area contributed by atoms with Crippen LogP contribution >= 0.6 is 12.6 Å². The molecule has 0 saturated heterocycles. The lowest BCUT2D eigenvalue weighted by molar-refractivity contribution is 0.497. The van der Waals surface area contributed by atoms with Gasteiger partial charge in [0, 0.05) is 0 Å². The van der Waals surface area contributed by atoms with E-state index < -0.39 is 0 Å². The third kappa shape index (κ3) is 0.962. The molecule has 3 nitrogen and oxygen atoms in total. The SMILES string of the molecule is NCc1nc([S])co1. The lowest BCUT2D eigenvalue weighted by Gasteiger charge is -1.78. The van der Waals surface area contributed by atoms with E-state index in [4.69, 9.17) is 10.2 Å². The van der Waals surface area contributed by atoms with Crippen molar-refractivity contribution in [1.29, 1.82) is 0 Å². The maximum atomic E-state index is 5.16. The Kier molecular flexibility index (Phi) is 1.45. The fourth-order valence-corrected chi connectivity index (χ4v) is 0.538. The molecule has 0 saturated carbocycles. The molecular formula is C4H5N2OS. The van der Waals surface area contributed by atoms with Crippen molar-refractivity contribution < 1.29 is 4.42 Å². The lowest BCUT2D eigenvalue weighted by Crippen LogP contribution is -1.95. The fraction of sp³-hybridized carbons (Fsp3) is 0.250. The van der Waals surface area contributed by atoms with Gasteiger partial charge in [-0.2, -0.15) is 0 Å². The zero-order valence-electron chi connectivity index (χ0n) is 4.13. The van der Waals surface area contributed by atoms with Crippen molar-refractivity contribution in [2.24, 2.45) is 5.73 Å². The number of rotatable bonds is 1. The van der Waals surface area contributed by atoms with Gasteiger partial charge in [-0.1, -0.05) is 12.6 Å². The predicted octanol–water partition coefficient (Wildman–Crippen LogP) is 0.690. The summed E-state index contributed by atoms with van der Waals surface area (Å²) in [6.07, 6.45) is 1.40. The maximum absolute atomic E-state index is 5.16. The van der Waals surface area contributed by atoms with Crippen LogP contribution in [0, 0.1) is 0 Å². The van der Waals surface area contributed by atoms with Crippen molar-refractivity contribution in [3.63, 3.8) is 0 Å². The van der Waals surface area contributed by atoms with E-state index in [2.05, 4.69) is 17.6 Å². The third-order valence-electron chi connectivity index (χ3n) is 0.705. The van der Waals surface area contributed by atoms with Crippen LogP contribution in [-0.4, -0.2) is 4.98 Å². The Morgan fingerprint density at radius 2 is 2.62 bits per heavy atom. The smallest absolute Gasteiger partial charge is 0.209 e. The average molecular weight is 129 g/mol. The van der Waals surface area contributed by atoms with Crippen LogP contribution in [-0.2, 0) is 6.54 Å². The number of oxazole rings is 1. The molecule has 2 N–H and O–H groups in total. The van der Waals surface area contributed by atoms with Gasteiger partial charge in [-0.15, -0.1) is 0 Å². The van der Waals surface area contributed by atoms with Gasteiger partial charge >= 0.3 is 0 Å². The molecular weight excluding hydrogens is 124 g/mol. The van der Waals surface area contributed by atoms with Crippen LogP contribution in [0.25, 0.3) is 0 Å². The second-order valence-electron chi connectivity index (χ2n) is 1.28. The van der Waals surface area contributed by atoms with Crippen LogP contribution in [0.15, 0.2) is 15.7 Å². The Bertz CT molecular complexity index is 174. The van der Waals surface area contributed by atoms with E-state index in [-0.39, 0.29) is 0 Å². The standard InChI is InChI=1S/C4H5N2OS/c5-1-3-6-4(8)2-7-3/h2H,1,5H2. The molecule has 4 heteroatoms. The molecule has 1 radical (unpaired) electrons. The van der Waals surface area contributed by atoms with Gasteiger partial charge in [-0.25, -0.2) is 4.98 Å². The number of nitrogens with zero attached hydrogens (tertiary/aromatic N) is 1. The van der Waals surface area contributed by atoms with Crippen LogP contribution in [0.3, 0.4) is 0 Å². The largest absolute Gasteiger partial charge is 0.446 e. The van der Waals surface area contributed by atoms with Crippen molar-refractivity contribution in [2.75, 3.05) is 0 Å². The Morgan fingerprint density at radius 3 is 2.88 bits per heavy atom. The zero-order valence-corrected chi connectivity index (χ0v) is 4.94. The number of hydrogen-bond acceptors (Lipinski definition) is 3. The topological polar surface area (TPSA) is 52.0 Å². The molecule has 0 fully saturated rings. The van der Waals surface area contributed by atoms with Crippen LogP contribution in [0.2, 0.25) is 0 Å². The second kappa shape index (κ2) is 2.11. The molecule has 0 aromatic carbocycles.